The molecule has 0 atom stereocenters. The summed E-state index contributed by atoms with van der Waals surface area (Å²) >= 11 is 0. The zero-order valence-electron chi connectivity index (χ0n) is 22.8. The van der Waals surface area contributed by atoms with E-state index in [2.05, 4.69) is 38.2 Å². The minimum Gasteiger partial charge on any atom is -0.494 e. The molecule has 39 heavy (non-hydrogen) atoms. The summed E-state index contributed by atoms with van der Waals surface area (Å²) in [7, 11) is 1.45. The molecule has 204 valence electrons. The number of hydrogen-bond donors (Lipinski definition) is 1. The van der Waals surface area contributed by atoms with E-state index in [-0.39, 0.29) is 29.7 Å². The number of methoxy groups -OCH3 is 1. The van der Waals surface area contributed by atoms with Gasteiger partial charge in [-0.15, -0.1) is 0 Å². The molecule has 0 saturated carbocycles. The average molecular weight is 531 g/mol. The fourth-order valence-electron chi connectivity index (χ4n) is 3.64. The first-order valence-corrected chi connectivity index (χ1v) is 12.8. The molecule has 8 nitrogen and oxygen atoms in total. The van der Waals surface area contributed by atoms with Crippen molar-refractivity contribution >= 4 is 18.0 Å². The van der Waals surface area contributed by atoms with Gasteiger partial charge in [0.1, 0.15) is 23.2 Å². The molecule has 2 aromatic carbocycles. The summed E-state index contributed by atoms with van der Waals surface area (Å²) in [6.45, 7) is 7.13. The lowest BCUT2D eigenvalue weighted by atomic mass is 9.82. The Hall–Kier alpha value is -4.51. The van der Waals surface area contributed by atoms with Gasteiger partial charge < -0.3 is 23.9 Å². The Kier molecular flexibility index (Phi) is 10.3. The van der Waals surface area contributed by atoms with Crippen LogP contribution in [0.5, 0.6) is 17.2 Å². The van der Waals surface area contributed by atoms with Gasteiger partial charge in [0.25, 0.3) is 5.91 Å². The molecule has 0 spiro atoms. The topological polar surface area (TPSA) is 111 Å². The molecule has 1 heterocycles. The first kappa shape index (κ1) is 29.1. The minimum atomic E-state index is -0.536. The standard InChI is InChI=1S/C31H34N2O6/c1-5-31(2,3)24-11-13-25(14-12-24)37-17-7-9-29(34)39-27-15-10-22(19-28(27)36-4)18-23(20-32)30(35)33-21-26-8-6-16-38-26/h6,8,10-16,18-19H,5,7,9,17,21H2,1-4H3,(H,33,35)/b23-18+. The molecule has 0 unspecified atom stereocenters. The van der Waals surface area contributed by atoms with Crippen LogP contribution in [0.4, 0.5) is 0 Å². The monoisotopic (exact) mass is 530 g/mol. The number of amides is 1. The number of carbonyl (C=O) groups excluding carboxylic acids is 2. The van der Waals surface area contributed by atoms with Crippen molar-refractivity contribution < 1.29 is 28.2 Å². The molecular formula is C31H34N2O6. The molecule has 0 aliphatic rings. The summed E-state index contributed by atoms with van der Waals surface area (Å²) in [5, 5.41) is 12.1. The van der Waals surface area contributed by atoms with E-state index < -0.39 is 11.9 Å². The molecule has 0 radical (unpaired) electrons. The van der Waals surface area contributed by atoms with Gasteiger partial charge in [-0.3, -0.25) is 9.59 Å². The van der Waals surface area contributed by atoms with E-state index in [0.717, 1.165) is 12.2 Å². The minimum absolute atomic E-state index is 0.0860. The molecule has 1 N–H and O–H groups in total. The fourth-order valence-corrected chi connectivity index (χ4v) is 3.64. The Morgan fingerprint density at radius 1 is 1.10 bits per heavy atom. The third kappa shape index (κ3) is 8.50. The van der Waals surface area contributed by atoms with Gasteiger partial charge >= 0.3 is 5.97 Å². The van der Waals surface area contributed by atoms with Crippen LogP contribution in [0.25, 0.3) is 6.08 Å². The SMILES string of the molecule is CCC(C)(C)c1ccc(OCCCC(=O)Oc2ccc(/C=C(\C#N)C(=O)NCc3ccco3)cc2OC)cc1. The molecular weight excluding hydrogens is 496 g/mol. The van der Waals surface area contributed by atoms with Gasteiger partial charge in [-0.05, 0) is 71.9 Å². The summed E-state index contributed by atoms with van der Waals surface area (Å²) in [6.07, 6.45) is 4.64. The summed E-state index contributed by atoms with van der Waals surface area (Å²) in [6, 6.07) is 18.2. The zero-order valence-corrected chi connectivity index (χ0v) is 22.8. The lowest BCUT2D eigenvalue weighted by Crippen LogP contribution is -2.23. The second kappa shape index (κ2) is 13.9. The maximum absolute atomic E-state index is 12.4. The highest BCUT2D eigenvalue weighted by Gasteiger charge is 2.18. The third-order valence-electron chi connectivity index (χ3n) is 6.40. The van der Waals surface area contributed by atoms with Gasteiger partial charge in [-0.25, -0.2) is 0 Å². The quantitative estimate of drug-likeness (QED) is 0.0954. The number of rotatable bonds is 13. The Labute approximate surface area is 229 Å². The van der Waals surface area contributed by atoms with Gasteiger partial charge in [-0.2, -0.15) is 5.26 Å². The number of carbonyl (C=O) groups is 2. The van der Waals surface area contributed by atoms with E-state index >= 15 is 0 Å². The number of esters is 1. The number of ether oxygens (including phenoxy) is 3. The molecule has 0 aliphatic carbocycles. The highest BCUT2D eigenvalue weighted by atomic mass is 16.6. The summed E-state index contributed by atoms with van der Waals surface area (Å²) in [5.74, 6) is 0.926. The molecule has 3 aromatic rings. The summed E-state index contributed by atoms with van der Waals surface area (Å²) in [4.78, 5) is 24.8. The second-order valence-corrected chi connectivity index (χ2v) is 9.53. The maximum atomic E-state index is 12.4. The van der Waals surface area contributed by atoms with Crippen LogP contribution < -0.4 is 19.5 Å². The van der Waals surface area contributed by atoms with Gasteiger partial charge in [-0.1, -0.05) is 39.0 Å². The molecule has 0 fully saturated rings. The van der Waals surface area contributed by atoms with E-state index in [1.807, 2.05) is 18.2 Å². The Morgan fingerprint density at radius 2 is 1.87 bits per heavy atom. The van der Waals surface area contributed by atoms with Crippen LogP contribution >= 0.6 is 0 Å². The highest BCUT2D eigenvalue weighted by Crippen LogP contribution is 2.30. The van der Waals surface area contributed by atoms with Crippen molar-refractivity contribution in [1.82, 2.24) is 5.32 Å². The largest absolute Gasteiger partial charge is 0.494 e. The van der Waals surface area contributed by atoms with Gasteiger partial charge in [0, 0.05) is 6.42 Å². The van der Waals surface area contributed by atoms with Crippen LogP contribution in [-0.4, -0.2) is 25.6 Å². The molecule has 0 bridgehead atoms. The lowest BCUT2D eigenvalue weighted by molar-refractivity contribution is -0.134. The van der Waals surface area contributed by atoms with E-state index in [1.54, 1.807) is 30.3 Å². The van der Waals surface area contributed by atoms with Crippen molar-refractivity contribution in [2.75, 3.05) is 13.7 Å². The first-order valence-electron chi connectivity index (χ1n) is 12.8. The molecule has 1 aromatic heterocycles. The third-order valence-corrected chi connectivity index (χ3v) is 6.40. The number of nitrogens with zero attached hydrogens (tertiary/aromatic N) is 1. The maximum Gasteiger partial charge on any atom is 0.311 e. The van der Waals surface area contributed by atoms with Crippen molar-refractivity contribution in [1.29, 1.82) is 5.26 Å². The molecule has 1 amide bonds. The van der Waals surface area contributed by atoms with E-state index in [4.69, 9.17) is 18.6 Å². The van der Waals surface area contributed by atoms with E-state index in [9.17, 15) is 14.9 Å². The predicted octanol–water partition coefficient (Wildman–Crippen LogP) is 5.96. The van der Waals surface area contributed by atoms with Gasteiger partial charge in [0.05, 0.1) is 26.5 Å². The summed E-state index contributed by atoms with van der Waals surface area (Å²) in [5.41, 5.74) is 1.83. The Balaban J connectivity index is 1.51. The number of hydrogen-bond acceptors (Lipinski definition) is 7. The number of benzene rings is 2. The van der Waals surface area contributed by atoms with Crippen molar-refractivity contribution in [3.8, 4) is 23.3 Å². The molecule has 0 aliphatic heterocycles. The van der Waals surface area contributed by atoms with Crippen LogP contribution in [0.15, 0.2) is 70.9 Å². The van der Waals surface area contributed by atoms with Gasteiger partial charge in [0.15, 0.2) is 11.5 Å². The molecule has 0 saturated heterocycles. The highest BCUT2D eigenvalue weighted by molar-refractivity contribution is 6.01. The van der Waals surface area contributed by atoms with Crippen molar-refractivity contribution in [3.05, 3.63) is 83.3 Å². The second-order valence-electron chi connectivity index (χ2n) is 9.53. The van der Waals surface area contributed by atoms with Crippen LogP contribution in [0.1, 0.15) is 56.9 Å². The number of nitriles is 1. The van der Waals surface area contributed by atoms with Gasteiger partial charge in [0.2, 0.25) is 0 Å². The van der Waals surface area contributed by atoms with Crippen molar-refractivity contribution in [3.63, 3.8) is 0 Å². The Morgan fingerprint density at radius 3 is 2.51 bits per heavy atom. The van der Waals surface area contributed by atoms with Crippen LogP contribution in [-0.2, 0) is 21.5 Å². The van der Waals surface area contributed by atoms with Crippen molar-refractivity contribution in [2.24, 2.45) is 0 Å². The molecule has 3 rings (SSSR count). The van der Waals surface area contributed by atoms with Crippen molar-refractivity contribution in [2.45, 2.75) is 52.0 Å². The van der Waals surface area contributed by atoms with E-state index in [1.165, 1.54) is 25.0 Å². The van der Waals surface area contributed by atoms with Crippen LogP contribution in [0.3, 0.4) is 0 Å². The first-order chi connectivity index (χ1) is 18.7. The predicted molar refractivity (Wildman–Crippen MR) is 147 cm³/mol. The lowest BCUT2D eigenvalue weighted by Gasteiger charge is -2.23. The number of furan rings is 1. The normalized spacial score (nSPS) is 11.4. The van der Waals surface area contributed by atoms with Crippen LogP contribution in [0.2, 0.25) is 0 Å². The van der Waals surface area contributed by atoms with Crippen LogP contribution in [0, 0.1) is 11.3 Å². The molecule has 8 heteroatoms. The Bertz CT molecular complexity index is 1320. The zero-order chi connectivity index (χ0) is 28.3. The summed E-state index contributed by atoms with van der Waals surface area (Å²) < 4.78 is 21.8. The smallest absolute Gasteiger partial charge is 0.311 e. The fraction of sp³-hybridized carbons (Fsp3) is 0.323. The van der Waals surface area contributed by atoms with E-state index in [0.29, 0.717) is 30.1 Å². The number of nitrogens with one attached hydrogen (secondary N) is 1. The average Bonchev–Trinajstić information content (AvgIpc) is 3.47.